The summed E-state index contributed by atoms with van der Waals surface area (Å²) in [6.45, 7) is -0.0846. The van der Waals surface area contributed by atoms with E-state index in [2.05, 4.69) is 4.99 Å². The molecule has 34 heavy (non-hydrogen) atoms. The highest BCUT2D eigenvalue weighted by Gasteiger charge is 2.29. The average molecular weight is 491 g/mol. The van der Waals surface area contributed by atoms with E-state index in [0.29, 0.717) is 45.3 Å². The van der Waals surface area contributed by atoms with Gasteiger partial charge < -0.3 is 4.57 Å². The van der Waals surface area contributed by atoms with Crippen LogP contribution in [0.25, 0.3) is 16.7 Å². The van der Waals surface area contributed by atoms with Crippen LogP contribution in [-0.4, -0.2) is 22.3 Å². The van der Waals surface area contributed by atoms with Crippen LogP contribution in [0, 0.1) is 0 Å². The predicted octanol–water partition coefficient (Wildman–Crippen LogP) is 5.58. The van der Waals surface area contributed by atoms with Crippen molar-refractivity contribution >= 4 is 46.6 Å². The number of carbonyl (C=O) groups is 2. The number of aliphatic imine (C=N–C) groups is 1. The monoisotopic (exact) mass is 490 g/mol. The number of rotatable bonds is 6. The van der Waals surface area contributed by atoms with Crippen LogP contribution >= 0.6 is 23.2 Å². The van der Waals surface area contributed by atoms with Crippen LogP contribution in [0.3, 0.4) is 0 Å². The van der Waals surface area contributed by atoms with Crippen molar-refractivity contribution in [2.24, 2.45) is 4.99 Å². The van der Waals surface area contributed by atoms with Gasteiger partial charge in [0, 0.05) is 70.2 Å². The summed E-state index contributed by atoms with van der Waals surface area (Å²) in [5, 5.41) is 0.864. The maximum absolute atomic E-state index is 13.1. The van der Waals surface area contributed by atoms with Crippen molar-refractivity contribution in [3.05, 3.63) is 97.5 Å². The molecule has 0 saturated carbocycles. The molecule has 170 valence electrons. The molecule has 0 amide bonds. The molecule has 5 rings (SSSR count). The Morgan fingerprint density at radius 2 is 1.76 bits per heavy atom. The highest BCUT2D eigenvalue weighted by atomic mass is 35.5. The van der Waals surface area contributed by atoms with Crippen LogP contribution in [-0.2, 0) is 24.2 Å². The van der Waals surface area contributed by atoms with Gasteiger partial charge in [0.05, 0.1) is 6.54 Å². The molecule has 1 aliphatic carbocycles. The molecule has 5 nitrogen and oxygen atoms in total. The summed E-state index contributed by atoms with van der Waals surface area (Å²) in [7, 11) is 0. The summed E-state index contributed by atoms with van der Waals surface area (Å²) in [6.07, 6.45) is 5.41. The maximum Gasteiger partial charge on any atom is 0.251 e. The smallest absolute Gasteiger partial charge is 0.251 e. The highest BCUT2D eigenvalue weighted by molar-refractivity contribution is 6.35. The Hall–Kier alpha value is -3.28. The molecule has 2 heterocycles. The molecule has 0 N–H and O–H groups in total. The van der Waals surface area contributed by atoms with Gasteiger partial charge in [-0.05, 0) is 41.3 Å². The SMILES string of the molecule is O=C(Cc1ccc(C2=CN=CC2)cc1)Cn1c2c(c(-c3cc(Cl)ccc3Cl)cc1=O)C(=O)CC2. The summed E-state index contributed by atoms with van der Waals surface area (Å²) >= 11 is 12.5. The average Bonchev–Trinajstić information content (AvgIpc) is 3.48. The molecule has 0 bridgehead atoms. The van der Waals surface area contributed by atoms with Crippen LogP contribution in [0.2, 0.25) is 10.0 Å². The van der Waals surface area contributed by atoms with E-state index in [1.165, 1.54) is 10.6 Å². The van der Waals surface area contributed by atoms with Crippen LogP contribution in [0.5, 0.6) is 0 Å². The number of aromatic nitrogens is 1. The summed E-state index contributed by atoms with van der Waals surface area (Å²) in [6, 6.07) is 14.1. The third-order valence-corrected chi connectivity index (χ3v) is 6.78. The lowest BCUT2D eigenvalue weighted by molar-refractivity contribution is -0.119. The molecular formula is C27H20Cl2N2O3. The van der Waals surface area contributed by atoms with Crippen molar-refractivity contribution in [1.82, 2.24) is 4.57 Å². The van der Waals surface area contributed by atoms with Crippen molar-refractivity contribution < 1.29 is 9.59 Å². The second kappa shape index (κ2) is 9.16. The summed E-state index contributed by atoms with van der Waals surface area (Å²) in [4.78, 5) is 42.8. The van der Waals surface area contributed by atoms with E-state index in [0.717, 1.165) is 23.1 Å². The Morgan fingerprint density at radius 1 is 0.971 bits per heavy atom. The second-order valence-electron chi connectivity index (χ2n) is 8.45. The lowest BCUT2D eigenvalue weighted by Crippen LogP contribution is -2.28. The molecule has 0 fully saturated rings. The number of benzene rings is 2. The largest absolute Gasteiger partial charge is 0.304 e. The number of Topliss-reactive ketones (excluding diaryl/α,β-unsaturated/α-hetero) is 2. The first-order valence-electron chi connectivity index (χ1n) is 11.0. The van der Waals surface area contributed by atoms with Crippen LogP contribution in [0.4, 0.5) is 0 Å². The van der Waals surface area contributed by atoms with Crippen LogP contribution < -0.4 is 5.56 Å². The first kappa shape index (κ1) is 22.5. The minimum Gasteiger partial charge on any atom is -0.304 e. The first-order valence-corrected chi connectivity index (χ1v) is 11.7. The van der Waals surface area contributed by atoms with Crippen molar-refractivity contribution in [2.45, 2.75) is 32.2 Å². The Morgan fingerprint density at radius 3 is 2.50 bits per heavy atom. The van der Waals surface area contributed by atoms with Gasteiger partial charge in [0.15, 0.2) is 11.6 Å². The van der Waals surface area contributed by atoms with Gasteiger partial charge in [-0.1, -0.05) is 47.5 Å². The normalized spacial score (nSPS) is 14.4. The predicted molar refractivity (Wildman–Crippen MR) is 135 cm³/mol. The van der Waals surface area contributed by atoms with Crippen LogP contribution in [0.1, 0.15) is 40.0 Å². The van der Waals surface area contributed by atoms with Crippen molar-refractivity contribution in [3.63, 3.8) is 0 Å². The van der Waals surface area contributed by atoms with Crippen molar-refractivity contribution in [2.75, 3.05) is 0 Å². The van der Waals surface area contributed by atoms with Gasteiger partial charge in [0.2, 0.25) is 0 Å². The van der Waals surface area contributed by atoms with Crippen LogP contribution in [0.15, 0.2) is 64.5 Å². The molecule has 2 aromatic carbocycles. The fourth-order valence-electron chi connectivity index (χ4n) is 4.55. The van der Waals surface area contributed by atoms with E-state index in [4.69, 9.17) is 23.2 Å². The van der Waals surface area contributed by atoms with Crippen molar-refractivity contribution in [3.8, 4) is 11.1 Å². The van der Waals surface area contributed by atoms with Crippen molar-refractivity contribution in [1.29, 1.82) is 0 Å². The third kappa shape index (κ3) is 4.29. The van der Waals surface area contributed by atoms with Gasteiger partial charge in [0.1, 0.15) is 0 Å². The quantitative estimate of drug-likeness (QED) is 0.452. The number of pyridine rings is 1. The standard InChI is InChI=1S/C27H20Cl2N2O3/c28-19-5-6-23(29)21(12-19)22-13-26(34)31(24-7-8-25(33)27(22)24)15-20(32)11-16-1-3-17(4-2-16)18-9-10-30-14-18/h1-6,10,12-14H,7-9,11,15H2. The van der Waals surface area contributed by atoms with Gasteiger partial charge in [-0.25, -0.2) is 0 Å². The molecule has 2 aliphatic rings. The molecule has 7 heteroatoms. The van der Waals surface area contributed by atoms with Gasteiger partial charge in [-0.15, -0.1) is 0 Å². The molecule has 1 aliphatic heterocycles. The Bertz CT molecular complexity index is 1450. The van der Waals surface area contributed by atoms with E-state index >= 15 is 0 Å². The molecule has 0 spiro atoms. The zero-order chi connectivity index (χ0) is 23.8. The lowest BCUT2D eigenvalue weighted by atomic mass is 9.98. The number of ketones is 2. The number of hydrogen-bond acceptors (Lipinski definition) is 4. The second-order valence-corrected chi connectivity index (χ2v) is 9.30. The summed E-state index contributed by atoms with van der Waals surface area (Å²) in [5.74, 6) is -0.170. The summed E-state index contributed by atoms with van der Waals surface area (Å²) in [5.41, 5.74) is 4.81. The molecule has 1 aromatic heterocycles. The number of nitrogens with zero attached hydrogens (tertiary/aromatic N) is 2. The summed E-state index contributed by atoms with van der Waals surface area (Å²) < 4.78 is 1.43. The third-order valence-electron chi connectivity index (χ3n) is 6.21. The van der Waals surface area contributed by atoms with Gasteiger partial charge in [0.25, 0.3) is 5.56 Å². The first-order chi connectivity index (χ1) is 16.4. The van der Waals surface area contributed by atoms with E-state index in [1.54, 1.807) is 18.2 Å². The van der Waals surface area contributed by atoms with E-state index < -0.39 is 0 Å². The van der Waals surface area contributed by atoms with Gasteiger partial charge in [-0.3, -0.25) is 19.4 Å². The minimum atomic E-state index is -0.337. The van der Waals surface area contributed by atoms with Gasteiger partial charge in [-0.2, -0.15) is 0 Å². The number of carbonyl (C=O) groups excluding carboxylic acids is 2. The molecule has 0 radical (unpaired) electrons. The number of allylic oxidation sites excluding steroid dienone is 1. The molecule has 0 unspecified atom stereocenters. The van der Waals surface area contributed by atoms with E-state index in [1.807, 2.05) is 36.7 Å². The molecule has 0 saturated heterocycles. The highest BCUT2D eigenvalue weighted by Crippen LogP contribution is 2.36. The van der Waals surface area contributed by atoms with Gasteiger partial charge >= 0.3 is 0 Å². The Kier molecular flexibility index (Phi) is 6.07. The zero-order valence-electron chi connectivity index (χ0n) is 18.2. The fraction of sp³-hybridized carbons (Fsp3) is 0.185. The van der Waals surface area contributed by atoms with E-state index in [9.17, 15) is 14.4 Å². The minimum absolute atomic E-state index is 0.0666. The number of hydrogen-bond donors (Lipinski definition) is 0. The fourth-order valence-corrected chi connectivity index (χ4v) is 4.94. The maximum atomic E-state index is 13.1. The molecule has 0 atom stereocenters. The zero-order valence-corrected chi connectivity index (χ0v) is 19.7. The number of fused-ring (bicyclic) bond motifs is 1. The lowest BCUT2D eigenvalue weighted by Gasteiger charge is -2.15. The Labute approximate surface area is 206 Å². The number of halogens is 2. The molecule has 3 aromatic rings. The van der Waals surface area contributed by atoms with E-state index in [-0.39, 0.29) is 30.1 Å². The Balaban J connectivity index is 1.42. The topological polar surface area (TPSA) is 68.5 Å². The molecular weight excluding hydrogens is 471 g/mol.